The van der Waals surface area contributed by atoms with E-state index in [2.05, 4.69) is 10.3 Å². The van der Waals surface area contributed by atoms with E-state index >= 15 is 0 Å². The molecule has 0 spiro atoms. The minimum atomic E-state index is -0.883. The van der Waals surface area contributed by atoms with Crippen molar-refractivity contribution in [2.24, 2.45) is 0 Å². The fraction of sp³-hybridized carbons (Fsp3) is 0.545. The average Bonchev–Trinajstić information content (AvgIpc) is 2.35. The molecule has 0 radical (unpaired) electrons. The summed E-state index contributed by atoms with van der Waals surface area (Å²) in [7, 11) is 0.563. The Morgan fingerprint density at radius 2 is 2.26 bits per heavy atom. The molecule has 1 heterocycles. The molecule has 19 heavy (non-hydrogen) atoms. The highest BCUT2D eigenvalue weighted by Gasteiger charge is 2.18. The van der Waals surface area contributed by atoms with Crippen molar-refractivity contribution >= 4 is 22.3 Å². The van der Waals surface area contributed by atoms with Crippen molar-refractivity contribution < 1.29 is 13.9 Å². The summed E-state index contributed by atoms with van der Waals surface area (Å²) < 4.78 is 16.0. The summed E-state index contributed by atoms with van der Waals surface area (Å²) in [6, 6.07) is 2.72. The second-order valence-electron chi connectivity index (χ2n) is 4.09. The van der Waals surface area contributed by atoms with Crippen LogP contribution in [0.15, 0.2) is 12.1 Å². The van der Waals surface area contributed by atoms with E-state index in [9.17, 15) is 14.3 Å². The molecule has 0 aliphatic rings. The third-order valence-corrected chi connectivity index (χ3v) is 3.29. The van der Waals surface area contributed by atoms with Gasteiger partial charge in [0, 0.05) is 41.0 Å². The molecular formula is C11H17N3O4S. The largest absolute Gasteiger partial charge is 0.481 e. The number of aromatic nitrogens is 1. The van der Waals surface area contributed by atoms with Gasteiger partial charge in [0.1, 0.15) is 0 Å². The molecule has 0 aromatic carbocycles. The van der Waals surface area contributed by atoms with Gasteiger partial charge in [-0.05, 0) is 13.3 Å². The first kappa shape index (κ1) is 15.4. The summed E-state index contributed by atoms with van der Waals surface area (Å²) in [4.78, 5) is 14.4. The number of methoxy groups -OCH3 is 1. The van der Waals surface area contributed by atoms with Crippen LogP contribution in [0.3, 0.4) is 0 Å². The predicted molar refractivity (Wildman–Crippen MR) is 74.1 cm³/mol. The van der Waals surface area contributed by atoms with Crippen LogP contribution in [0.4, 0.5) is 11.5 Å². The number of anilines is 1. The summed E-state index contributed by atoms with van der Waals surface area (Å²) in [5.41, 5.74) is -0.106. The van der Waals surface area contributed by atoms with Crippen LogP contribution in [-0.4, -0.2) is 39.3 Å². The zero-order valence-electron chi connectivity index (χ0n) is 11.1. The predicted octanol–water partition coefficient (Wildman–Crippen LogP) is 1.57. The molecule has 7 nitrogen and oxygen atoms in total. The lowest BCUT2D eigenvalue weighted by atomic mass is 10.2. The molecule has 1 aromatic rings. The Kier molecular flexibility index (Phi) is 5.68. The van der Waals surface area contributed by atoms with E-state index in [-0.39, 0.29) is 17.5 Å². The lowest BCUT2D eigenvalue weighted by Gasteiger charge is -2.14. The highest BCUT2D eigenvalue weighted by molar-refractivity contribution is 7.84. The van der Waals surface area contributed by atoms with Crippen molar-refractivity contribution in [3.63, 3.8) is 0 Å². The van der Waals surface area contributed by atoms with E-state index in [1.807, 2.05) is 6.92 Å². The van der Waals surface area contributed by atoms with Crippen LogP contribution in [0.25, 0.3) is 0 Å². The van der Waals surface area contributed by atoms with E-state index < -0.39 is 15.7 Å². The number of hydrogen-bond acceptors (Lipinski definition) is 6. The topological polar surface area (TPSA) is 94.4 Å². The third-order valence-electron chi connectivity index (χ3n) is 2.48. The molecule has 0 bridgehead atoms. The fourth-order valence-electron chi connectivity index (χ4n) is 1.45. The minimum absolute atomic E-state index is 0.0674. The van der Waals surface area contributed by atoms with Crippen LogP contribution in [0.2, 0.25) is 0 Å². The van der Waals surface area contributed by atoms with Crippen LogP contribution in [0.5, 0.6) is 5.88 Å². The second-order valence-corrected chi connectivity index (χ2v) is 5.64. The van der Waals surface area contributed by atoms with Gasteiger partial charge in [-0.1, -0.05) is 0 Å². The molecule has 8 heteroatoms. The molecule has 1 rings (SSSR count). The van der Waals surface area contributed by atoms with E-state index in [1.165, 1.54) is 19.2 Å². The van der Waals surface area contributed by atoms with E-state index in [0.717, 1.165) is 0 Å². The summed E-state index contributed by atoms with van der Waals surface area (Å²) in [6.45, 7) is 1.86. The average molecular weight is 287 g/mol. The maximum absolute atomic E-state index is 11.0. The van der Waals surface area contributed by atoms with Crippen LogP contribution >= 0.6 is 0 Å². The minimum Gasteiger partial charge on any atom is -0.481 e. The zero-order valence-corrected chi connectivity index (χ0v) is 11.9. The number of nitrogens with one attached hydrogen (secondary N) is 1. The van der Waals surface area contributed by atoms with Crippen LogP contribution in [0.1, 0.15) is 13.3 Å². The molecule has 2 atom stereocenters. The molecule has 0 aliphatic carbocycles. The highest BCUT2D eigenvalue weighted by Crippen LogP contribution is 2.25. The second kappa shape index (κ2) is 7.03. The standard InChI is InChI=1S/C11H17N3O4S/c1-8(6-7-19(3)17)12-11-9(14(15)16)4-5-10(13-11)18-2/h4-5,8H,6-7H2,1-3H3,(H,12,13). The van der Waals surface area contributed by atoms with Crippen LogP contribution < -0.4 is 10.1 Å². The van der Waals surface area contributed by atoms with Crippen molar-refractivity contribution in [3.8, 4) is 5.88 Å². The zero-order chi connectivity index (χ0) is 14.4. The Morgan fingerprint density at radius 1 is 1.58 bits per heavy atom. The maximum Gasteiger partial charge on any atom is 0.311 e. The number of rotatable bonds is 7. The van der Waals surface area contributed by atoms with Gasteiger partial charge < -0.3 is 10.1 Å². The first-order valence-corrected chi connectivity index (χ1v) is 7.42. The highest BCUT2D eigenvalue weighted by atomic mass is 32.2. The molecule has 0 saturated carbocycles. The Bertz CT molecular complexity index is 481. The van der Waals surface area contributed by atoms with Crippen molar-refractivity contribution in [1.29, 1.82) is 0 Å². The molecule has 0 amide bonds. The van der Waals surface area contributed by atoms with Gasteiger partial charge in [0.25, 0.3) is 0 Å². The number of ether oxygens (including phenoxy) is 1. The maximum atomic E-state index is 11.0. The molecule has 1 N–H and O–H groups in total. The monoisotopic (exact) mass is 287 g/mol. The van der Waals surface area contributed by atoms with Gasteiger partial charge in [-0.3, -0.25) is 14.3 Å². The number of pyridine rings is 1. The first-order valence-electron chi connectivity index (χ1n) is 5.70. The SMILES string of the molecule is COc1ccc([N+](=O)[O-])c(NC(C)CCS(C)=O)n1. The molecule has 0 saturated heterocycles. The van der Waals surface area contributed by atoms with Crippen molar-refractivity contribution in [2.75, 3.05) is 24.4 Å². The van der Waals surface area contributed by atoms with Gasteiger partial charge in [0.15, 0.2) is 0 Å². The van der Waals surface area contributed by atoms with Gasteiger partial charge in [-0.2, -0.15) is 4.98 Å². The van der Waals surface area contributed by atoms with Gasteiger partial charge in [-0.15, -0.1) is 0 Å². The molecule has 0 aliphatic heterocycles. The first-order chi connectivity index (χ1) is 8.93. The van der Waals surface area contributed by atoms with Gasteiger partial charge >= 0.3 is 5.69 Å². The normalized spacial score (nSPS) is 13.6. The van der Waals surface area contributed by atoms with E-state index in [0.29, 0.717) is 18.1 Å². The van der Waals surface area contributed by atoms with Gasteiger partial charge in [0.2, 0.25) is 11.7 Å². The molecule has 1 aromatic heterocycles. The Balaban J connectivity index is 2.84. The lowest BCUT2D eigenvalue weighted by Crippen LogP contribution is -2.19. The smallest absolute Gasteiger partial charge is 0.311 e. The van der Waals surface area contributed by atoms with Gasteiger partial charge in [-0.25, -0.2) is 0 Å². The summed E-state index contributed by atoms with van der Waals surface area (Å²) >= 11 is 0. The van der Waals surface area contributed by atoms with E-state index in [4.69, 9.17) is 4.74 Å². The molecular weight excluding hydrogens is 270 g/mol. The fourth-order valence-corrected chi connectivity index (χ4v) is 2.13. The summed E-state index contributed by atoms with van der Waals surface area (Å²) in [5, 5.41) is 13.9. The summed E-state index contributed by atoms with van der Waals surface area (Å²) in [6.07, 6.45) is 2.26. The number of nitrogens with zero attached hydrogens (tertiary/aromatic N) is 2. The van der Waals surface area contributed by atoms with Crippen molar-refractivity contribution in [1.82, 2.24) is 4.98 Å². The van der Waals surface area contributed by atoms with Gasteiger partial charge in [0.05, 0.1) is 12.0 Å². The lowest BCUT2D eigenvalue weighted by molar-refractivity contribution is -0.384. The number of nitro groups is 1. The Morgan fingerprint density at radius 3 is 2.79 bits per heavy atom. The van der Waals surface area contributed by atoms with E-state index in [1.54, 1.807) is 6.26 Å². The summed E-state index contributed by atoms with van der Waals surface area (Å²) in [5.74, 6) is 1.00. The Hall–Kier alpha value is -1.70. The molecule has 0 fully saturated rings. The Labute approximate surface area is 114 Å². The molecule has 2 unspecified atom stereocenters. The number of hydrogen-bond donors (Lipinski definition) is 1. The van der Waals surface area contributed by atoms with Crippen LogP contribution in [0, 0.1) is 10.1 Å². The van der Waals surface area contributed by atoms with Crippen molar-refractivity contribution in [2.45, 2.75) is 19.4 Å². The van der Waals surface area contributed by atoms with Crippen LogP contribution in [-0.2, 0) is 10.8 Å². The quantitative estimate of drug-likeness (QED) is 0.604. The molecule has 106 valence electrons. The van der Waals surface area contributed by atoms with Crippen molar-refractivity contribution in [3.05, 3.63) is 22.2 Å². The third kappa shape index (κ3) is 4.82.